The van der Waals surface area contributed by atoms with E-state index in [1.165, 1.54) is 0 Å². The Hall–Kier alpha value is -2.36. The van der Waals surface area contributed by atoms with E-state index in [0.717, 1.165) is 20.8 Å². The molecule has 1 N–H and O–H groups in total. The average Bonchev–Trinajstić information content (AvgIpc) is 2.43. The summed E-state index contributed by atoms with van der Waals surface area (Å²) in [6.45, 7) is 2.69. The monoisotopic (exact) mass is 331 g/mol. The lowest BCUT2D eigenvalue weighted by Gasteiger charge is -2.42. The van der Waals surface area contributed by atoms with E-state index >= 15 is 0 Å². The molecule has 0 aromatic rings. The van der Waals surface area contributed by atoms with Crippen LogP contribution in [0.4, 0.5) is 0 Å². The Labute approximate surface area is 131 Å². The van der Waals surface area contributed by atoms with E-state index in [-0.39, 0.29) is 0 Å². The molecule has 2 unspecified atom stereocenters. The number of esters is 3. The Kier molecular flexibility index (Phi) is 6.76. The van der Waals surface area contributed by atoms with Gasteiger partial charge in [0.1, 0.15) is 6.10 Å². The highest BCUT2D eigenvalue weighted by molar-refractivity contribution is 5.68. The number of nitrogens with zero attached hydrogens (tertiary/aromatic N) is 3. The quantitative estimate of drug-likeness (QED) is 0.239. The molecule has 1 saturated heterocycles. The summed E-state index contributed by atoms with van der Waals surface area (Å²) in [7, 11) is 0. The number of aliphatic hydroxyl groups excluding tert-OH is 1. The molecule has 0 aromatic heterocycles. The lowest BCUT2D eigenvalue weighted by Crippen LogP contribution is -2.61. The molecule has 5 atom stereocenters. The van der Waals surface area contributed by atoms with Crippen molar-refractivity contribution in [1.29, 1.82) is 0 Å². The summed E-state index contributed by atoms with van der Waals surface area (Å²) in [5, 5.41) is 12.7. The van der Waals surface area contributed by atoms with Gasteiger partial charge in [-0.1, -0.05) is 5.11 Å². The Balaban J connectivity index is 3.24. The zero-order chi connectivity index (χ0) is 17.6. The van der Waals surface area contributed by atoms with Crippen LogP contribution in [0.2, 0.25) is 0 Å². The molecule has 1 aliphatic rings. The lowest BCUT2D eigenvalue weighted by atomic mass is 9.97. The summed E-state index contributed by atoms with van der Waals surface area (Å²) in [4.78, 5) is 36.4. The van der Waals surface area contributed by atoms with Gasteiger partial charge in [-0.25, -0.2) is 0 Å². The van der Waals surface area contributed by atoms with Gasteiger partial charge in [-0.3, -0.25) is 14.4 Å². The lowest BCUT2D eigenvalue weighted by molar-refractivity contribution is -0.250. The third-order valence-corrected chi connectivity index (χ3v) is 2.86. The highest BCUT2D eigenvalue weighted by atomic mass is 16.7. The maximum absolute atomic E-state index is 11.3. The van der Waals surface area contributed by atoms with Crippen LogP contribution >= 0.6 is 0 Å². The molecule has 0 aliphatic carbocycles. The van der Waals surface area contributed by atoms with E-state index in [1.54, 1.807) is 0 Å². The first-order valence-corrected chi connectivity index (χ1v) is 6.62. The van der Waals surface area contributed by atoms with Gasteiger partial charge in [-0.05, 0) is 5.53 Å². The first-order valence-electron chi connectivity index (χ1n) is 6.62. The number of carbonyl (C=O) groups is 3. The smallest absolute Gasteiger partial charge is 0.303 e. The molecule has 11 heteroatoms. The number of ether oxygens (including phenoxy) is 4. The maximum atomic E-state index is 11.3. The highest BCUT2D eigenvalue weighted by Gasteiger charge is 2.51. The second-order valence-electron chi connectivity index (χ2n) is 4.67. The summed E-state index contributed by atoms with van der Waals surface area (Å²) in [6.07, 6.45) is -6.38. The number of azide groups is 1. The van der Waals surface area contributed by atoms with Gasteiger partial charge in [-0.2, -0.15) is 0 Å². The van der Waals surface area contributed by atoms with Crippen molar-refractivity contribution in [3.05, 3.63) is 10.4 Å². The predicted molar refractivity (Wildman–Crippen MR) is 71.6 cm³/mol. The first-order chi connectivity index (χ1) is 10.8. The normalized spacial score (nSPS) is 29.8. The fourth-order valence-electron chi connectivity index (χ4n) is 2.16. The first kappa shape index (κ1) is 18.7. The van der Waals surface area contributed by atoms with Crippen molar-refractivity contribution in [1.82, 2.24) is 0 Å². The van der Waals surface area contributed by atoms with Crippen molar-refractivity contribution in [2.45, 2.75) is 51.4 Å². The number of rotatable bonds is 5. The van der Waals surface area contributed by atoms with Gasteiger partial charge in [0.05, 0.1) is 6.61 Å². The minimum atomic E-state index is -1.36. The van der Waals surface area contributed by atoms with Crippen LogP contribution < -0.4 is 0 Å². The molecule has 1 rings (SSSR count). The maximum Gasteiger partial charge on any atom is 0.303 e. The van der Waals surface area contributed by atoms with E-state index in [1.807, 2.05) is 0 Å². The van der Waals surface area contributed by atoms with Crippen molar-refractivity contribution >= 4 is 17.9 Å². The number of hydrogen-bond acceptors (Lipinski definition) is 9. The Morgan fingerprint density at radius 2 is 1.52 bits per heavy atom. The number of aliphatic hydroxyl groups is 1. The van der Waals surface area contributed by atoms with Crippen LogP contribution in [0.15, 0.2) is 5.11 Å². The van der Waals surface area contributed by atoms with E-state index in [0.29, 0.717) is 0 Å². The van der Waals surface area contributed by atoms with Crippen molar-refractivity contribution in [3.8, 4) is 0 Å². The zero-order valence-corrected chi connectivity index (χ0v) is 12.7. The Morgan fingerprint density at radius 3 is 1.96 bits per heavy atom. The predicted octanol–water partition coefficient (Wildman–Crippen LogP) is -0.191. The molecule has 1 heterocycles. The molecular formula is C12H17N3O8. The van der Waals surface area contributed by atoms with Crippen molar-refractivity contribution in [3.63, 3.8) is 0 Å². The van der Waals surface area contributed by atoms with Crippen LogP contribution in [0.25, 0.3) is 10.4 Å². The second-order valence-corrected chi connectivity index (χ2v) is 4.67. The molecule has 1 aliphatic heterocycles. The second kappa shape index (κ2) is 8.32. The number of carbonyl (C=O) groups excluding carboxylic acids is 3. The summed E-state index contributed by atoms with van der Waals surface area (Å²) in [5.74, 6) is -2.22. The SMILES string of the molecule is CC(=O)OC1[C@@H](N=[N+]=[N-])OC(CO)[C@@H](OC(C)=O)[C@H]1OC(C)=O. The molecule has 11 nitrogen and oxygen atoms in total. The van der Waals surface area contributed by atoms with Crippen molar-refractivity contribution in [2.24, 2.45) is 5.11 Å². The Morgan fingerprint density at radius 1 is 1.04 bits per heavy atom. The zero-order valence-electron chi connectivity index (χ0n) is 12.7. The summed E-state index contributed by atoms with van der Waals surface area (Å²) >= 11 is 0. The number of hydrogen-bond donors (Lipinski definition) is 1. The minimum absolute atomic E-state index is 0.611. The van der Waals surface area contributed by atoms with Gasteiger partial charge in [0.2, 0.25) is 0 Å². The molecule has 0 bridgehead atoms. The van der Waals surface area contributed by atoms with Gasteiger partial charge in [0.25, 0.3) is 0 Å². The van der Waals surface area contributed by atoms with Crippen LogP contribution in [0, 0.1) is 0 Å². The molecule has 0 amide bonds. The van der Waals surface area contributed by atoms with Gasteiger partial charge in [-0.15, -0.1) is 0 Å². The van der Waals surface area contributed by atoms with Crippen LogP contribution in [-0.4, -0.2) is 60.3 Å². The molecule has 128 valence electrons. The summed E-state index contributed by atoms with van der Waals surface area (Å²) in [6, 6.07) is 0. The molecular weight excluding hydrogens is 314 g/mol. The standard InChI is InChI=1S/C12H17N3O8/c1-5(17)20-9-8(4-16)23-12(14-15-13)11(22-7(3)19)10(9)21-6(2)18/h8-12,16H,4H2,1-3H3/t8?,9-,10-,11?,12+/m1/s1. The largest absolute Gasteiger partial charge is 0.456 e. The summed E-state index contributed by atoms with van der Waals surface area (Å²) in [5.41, 5.74) is 8.59. The van der Waals surface area contributed by atoms with Crippen molar-refractivity contribution in [2.75, 3.05) is 6.61 Å². The van der Waals surface area contributed by atoms with E-state index < -0.39 is 55.2 Å². The van der Waals surface area contributed by atoms with Crippen molar-refractivity contribution < 1.29 is 38.4 Å². The minimum Gasteiger partial charge on any atom is -0.456 e. The Bertz CT molecular complexity index is 518. The van der Waals surface area contributed by atoms with Crippen LogP contribution in [0.5, 0.6) is 0 Å². The third kappa shape index (κ3) is 5.09. The molecule has 0 radical (unpaired) electrons. The van der Waals surface area contributed by atoms with E-state index in [2.05, 4.69) is 10.0 Å². The molecule has 0 aromatic carbocycles. The average molecular weight is 331 g/mol. The van der Waals surface area contributed by atoms with Gasteiger partial charge in [0, 0.05) is 25.7 Å². The van der Waals surface area contributed by atoms with Gasteiger partial charge in [0.15, 0.2) is 24.5 Å². The van der Waals surface area contributed by atoms with Crippen LogP contribution in [0.1, 0.15) is 20.8 Å². The molecule has 1 fully saturated rings. The molecule has 0 spiro atoms. The molecule has 0 saturated carbocycles. The van der Waals surface area contributed by atoms with Crippen LogP contribution in [0.3, 0.4) is 0 Å². The molecule has 23 heavy (non-hydrogen) atoms. The fraction of sp³-hybridized carbons (Fsp3) is 0.750. The van der Waals surface area contributed by atoms with E-state index in [9.17, 15) is 19.5 Å². The third-order valence-electron chi connectivity index (χ3n) is 2.86. The summed E-state index contributed by atoms with van der Waals surface area (Å²) < 4.78 is 20.4. The topological polar surface area (TPSA) is 157 Å². The van der Waals surface area contributed by atoms with Gasteiger partial charge >= 0.3 is 17.9 Å². The fourth-order valence-corrected chi connectivity index (χ4v) is 2.16. The van der Waals surface area contributed by atoms with Crippen LogP contribution in [-0.2, 0) is 33.3 Å². The van der Waals surface area contributed by atoms with E-state index in [4.69, 9.17) is 24.5 Å². The van der Waals surface area contributed by atoms with Gasteiger partial charge < -0.3 is 24.1 Å². The highest BCUT2D eigenvalue weighted by Crippen LogP contribution is 2.29.